The van der Waals surface area contributed by atoms with E-state index in [0.717, 1.165) is 12.8 Å². The van der Waals surface area contributed by atoms with E-state index >= 15 is 0 Å². The molecule has 0 bridgehead atoms. The van der Waals surface area contributed by atoms with Crippen molar-refractivity contribution in [2.75, 3.05) is 12.8 Å². The van der Waals surface area contributed by atoms with Crippen LogP contribution in [-0.2, 0) is 4.79 Å². The zero-order valence-corrected chi connectivity index (χ0v) is 11.3. The molecule has 1 aromatic carbocycles. The Morgan fingerprint density at radius 3 is 2.55 bits per heavy atom. The van der Waals surface area contributed by atoms with Gasteiger partial charge in [0.25, 0.3) is 5.91 Å². The number of carbonyl (C=O) groups excluding carboxylic acids is 1. The summed E-state index contributed by atoms with van der Waals surface area (Å²) in [5, 5.41) is 12.0. The lowest BCUT2D eigenvalue weighted by molar-refractivity contribution is -0.144. The Labute approximate surface area is 116 Å². The molecule has 2 rings (SSSR count). The van der Waals surface area contributed by atoms with Crippen molar-refractivity contribution >= 4 is 17.6 Å². The van der Waals surface area contributed by atoms with Crippen LogP contribution in [0.4, 0.5) is 5.69 Å². The van der Waals surface area contributed by atoms with E-state index in [1.807, 2.05) is 0 Å². The highest BCUT2D eigenvalue weighted by Gasteiger charge is 2.42. The number of methoxy groups -OCH3 is 1. The van der Waals surface area contributed by atoms with E-state index in [1.54, 1.807) is 12.1 Å². The number of benzene rings is 1. The zero-order chi connectivity index (χ0) is 14.8. The van der Waals surface area contributed by atoms with Crippen LogP contribution >= 0.6 is 0 Å². The van der Waals surface area contributed by atoms with Crippen molar-refractivity contribution in [1.82, 2.24) is 5.32 Å². The van der Waals surface area contributed by atoms with Crippen LogP contribution in [0.3, 0.4) is 0 Å². The van der Waals surface area contributed by atoms with E-state index in [0.29, 0.717) is 24.3 Å². The number of nitrogens with one attached hydrogen (secondary N) is 1. The number of hydrogen-bond acceptors (Lipinski definition) is 4. The van der Waals surface area contributed by atoms with Gasteiger partial charge >= 0.3 is 5.97 Å². The average molecular weight is 278 g/mol. The van der Waals surface area contributed by atoms with Gasteiger partial charge in [-0.2, -0.15) is 0 Å². The Bertz CT molecular complexity index is 536. The second kappa shape index (κ2) is 5.40. The molecule has 1 aromatic rings. The summed E-state index contributed by atoms with van der Waals surface area (Å²) < 4.78 is 5.05. The van der Waals surface area contributed by atoms with Gasteiger partial charge in [-0.1, -0.05) is 12.8 Å². The van der Waals surface area contributed by atoms with E-state index in [-0.39, 0.29) is 5.56 Å². The predicted octanol–water partition coefficient (Wildman–Crippen LogP) is 1.40. The standard InChI is InChI=1S/C14H18N2O4/c1-20-9-4-5-11(15)10(8-9)12(17)16-14(13(18)19)6-2-3-7-14/h4-5,8H,2-3,6-7,15H2,1H3,(H,16,17)(H,18,19). The number of carboxylic acids is 1. The van der Waals surface area contributed by atoms with Crippen LogP contribution in [0.2, 0.25) is 0 Å². The third-order valence-electron chi connectivity index (χ3n) is 3.72. The van der Waals surface area contributed by atoms with E-state index in [4.69, 9.17) is 10.5 Å². The van der Waals surface area contributed by atoms with Gasteiger partial charge in [-0.05, 0) is 31.0 Å². The number of nitrogen functional groups attached to an aromatic ring is 1. The topological polar surface area (TPSA) is 102 Å². The first-order valence-electron chi connectivity index (χ1n) is 6.48. The molecule has 0 radical (unpaired) electrons. The number of amides is 1. The van der Waals surface area contributed by atoms with Crippen molar-refractivity contribution in [2.45, 2.75) is 31.2 Å². The fourth-order valence-corrected chi connectivity index (χ4v) is 2.51. The third-order valence-corrected chi connectivity index (χ3v) is 3.72. The van der Waals surface area contributed by atoms with Crippen LogP contribution in [0.5, 0.6) is 5.75 Å². The monoisotopic (exact) mass is 278 g/mol. The SMILES string of the molecule is COc1ccc(N)c(C(=O)NC2(C(=O)O)CCCC2)c1. The second-order valence-electron chi connectivity index (χ2n) is 5.00. The molecule has 1 aliphatic rings. The Balaban J connectivity index is 2.25. The van der Waals surface area contributed by atoms with E-state index in [9.17, 15) is 14.7 Å². The highest BCUT2D eigenvalue weighted by Crippen LogP contribution is 2.31. The van der Waals surface area contributed by atoms with E-state index in [1.165, 1.54) is 13.2 Å². The normalized spacial score (nSPS) is 16.6. The van der Waals surface area contributed by atoms with Gasteiger partial charge in [0.05, 0.1) is 12.7 Å². The first kappa shape index (κ1) is 14.2. The quantitative estimate of drug-likeness (QED) is 0.723. The molecular formula is C14H18N2O4. The Morgan fingerprint density at radius 2 is 2.00 bits per heavy atom. The molecule has 4 N–H and O–H groups in total. The van der Waals surface area contributed by atoms with Crippen LogP contribution in [0.25, 0.3) is 0 Å². The van der Waals surface area contributed by atoms with E-state index < -0.39 is 17.4 Å². The molecule has 0 heterocycles. The van der Waals surface area contributed by atoms with Gasteiger partial charge in [0.15, 0.2) is 0 Å². The Kier molecular flexibility index (Phi) is 3.83. The van der Waals surface area contributed by atoms with Gasteiger partial charge < -0.3 is 20.9 Å². The first-order chi connectivity index (χ1) is 9.48. The maximum Gasteiger partial charge on any atom is 0.329 e. The van der Waals surface area contributed by atoms with Crippen molar-refractivity contribution in [3.05, 3.63) is 23.8 Å². The fourth-order valence-electron chi connectivity index (χ4n) is 2.51. The van der Waals surface area contributed by atoms with E-state index in [2.05, 4.69) is 5.32 Å². The second-order valence-corrected chi connectivity index (χ2v) is 5.00. The summed E-state index contributed by atoms with van der Waals surface area (Å²) in [6.07, 6.45) is 2.47. The number of nitrogens with two attached hydrogens (primary N) is 1. The van der Waals surface area contributed by atoms with Crippen molar-refractivity contribution in [3.8, 4) is 5.75 Å². The lowest BCUT2D eigenvalue weighted by atomic mass is 9.97. The number of ether oxygens (including phenoxy) is 1. The highest BCUT2D eigenvalue weighted by atomic mass is 16.5. The molecule has 0 aromatic heterocycles. The summed E-state index contributed by atoms with van der Waals surface area (Å²) >= 11 is 0. The highest BCUT2D eigenvalue weighted by molar-refractivity contribution is 6.02. The third kappa shape index (κ3) is 2.54. The van der Waals surface area contributed by atoms with Crippen molar-refractivity contribution < 1.29 is 19.4 Å². The molecule has 6 heteroatoms. The van der Waals surface area contributed by atoms with Gasteiger partial charge in [-0.15, -0.1) is 0 Å². The zero-order valence-electron chi connectivity index (χ0n) is 11.3. The van der Waals surface area contributed by atoms with Gasteiger partial charge in [0.2, 0.25) is 0 Å². The molecule has 1 saturated carbocycles. The molecule has 0 unspecified atom stereocenters. The van der Waals surface area contributed by atoms with Gasteiger partial charge in [0.1, 0.15) is 11.3 Å². The van der Waals surface area contributed by atoms with Crippen LogP contribution in [0.15, 0.2) is 18.2 Å². The molecule has 1 amide bonds. The minimum absolute atomic E-state index is 0.233. The molecule has 0 saturated heterocycles. The number of aliphatic carboxylic acids is 1. The summed E-state index contributed by atoms with van der Waals surface area (Å²) in [6.45, 7) is 0. The van der Waals surface area contributed by atoms with Crippen molar-refractivity contribution in [3.63, 3.8) is 0 Å². The van der Waals surface area contributed by atoms with Crippen LogP contribution in [-0.4, -0.2) is 29.6 Å². The minimum Gasteiger partial charge on any atom is -0.497 e. The molecule has 0 spiro atoms. The van der Waals surface area contributed by atoms with Crippen molar-refractivity contribution in [1.29, 1.82) is 0 Å². The summed E-state index contributed by atoms with van der Waals surface area (Å²) in [4.78, 5) is 23.7. The summed E-state index contributed by atoms with van der Waals surface area (Å²) in [5.74, 6) is -0.976. The molecular weight excluding hydrogens is 260 g/mol. The molecule has 6 nitrogen and oxygen atoms in total. The molecule has 0 atom stereocenters. The molecule has 20 heavy (non-hydrogen) atoms. The summed E-state index contributed by atoms with van der Waals surface area (Å²) in [5.41, 5.74) is 5.13. The number of rotatable bonds is 4. The molecule has 1 fully saturated rings. The summed E-state index contributed by atoms with van der Waals surface area (Å²) in [6, 6.07) is 4.72. The number of carbonyl (C=O) groups is 2. The first-order valence-corrected chi connectivity index (χ1v) is 6.48. The van der Waals surface area contributed by atoms with Crippen LogP contribution in [0, 0.1) is 0 Å². The maximum absolute atomic E-state index is 12.3. The average Bonchev–Trinajstić information content (AvgIpc) is 2.89. The number of anilines is 1. The fraction of sp³-hybridized carbons (Fsp3) is 0.429. The van der Waals surface area contributed by atoms with Gasteiger partial charge in [0, 0.05) is 5.69 Å². The smallest absolute Gasteiger partial charge is 0.329 e. The molecule has 1 aliphatic carbocycles. The van der Waals surface area contributed by atoms with Crippen LogP contribution < -0.4 is 15.8 Å². The van der Waals surface area contributed by atoms with Gasteiger partial charge in [-0.25, -0.2) is 4.79 Å². The van der Waals surface area contributed by atoms with Crippen LogP contribution in [0.1, 0.15) is 36.0 Å². The Hall–Kier alpha value is -2.24. The molecule has 108 valence electrons. The Morgan fingerprint density at radius 1 is 1.35 bits per heavy atom. The molecule has 0 aliphatic heterocycles. The number of hydrogen-bond donors (Lipinski definition) is 3. The predicted molar refractivity (Wildman–Crippen MR) is 73.7 cm³/mol. The van der Waals surface area contributed by atoms with Crippen molar-refractivity contribution in [2.24, 2.45) is 0 Å². The largest absolute Gasteiger partial charge is 0.497 e. The lowest BCUT2D eigenvalue weighted by Crippen LogP contribution is -2.52. The lowest BCUT2D eigenvalue weighted by Gasteiger charge is -2.25. The van der Waals surface area contributed by atoms with Gasteiger partial charge in [-0.3, -0.25) is 4.79 Å². The summed E-state index contributed by atoms with van der Waals surface area (Å²) in [7, 11) is 1.49. The number of carboxylic acid groups (broad SMARTS) is 1. The minimum atomic E-state index is -1.17. The maximum atomic E-state index is 12.3.